The van der Waals surface area contributed by atoms with E-state index in [1.807, 2.05) is 6.92 Å². The first-order valence-corrected chi connectivity index (χ1v) is 7.01. The second-order valence-electron chi connectivity index (χ2n) is 4.99. The lowest BCUT2D eigenvalue weighted by Crippen LogP contribution is -2.33. The predicted molar refractivity (Wildman–Crippen MR) is 77.6 cm³/mol. The molecule has 4 heteroatoms. The van der Waals surface area contributed by atoms with E-state index in [1.165, 1.54) is 30.3 Å². The highest BCUT2D eigenvalue weighted by atomic mass is 19.1. The summed E-state index contributed by atoms with van der Waals surface area (Å²) in [6, 6.07) is 9.94. The maximum absolute atomic E-state index is 13.7. The van der Waals surface area contributed by atoms with Crippen molar-refractivity contribution in [3.05, 3.63) is 71.0 Å². The predicted octanol–water partition coefficient (Wildman–Crippen LogP) is 3.87. The standard InChI is InChI=1S/C17H18F3N/c1-2-21-14(10-12-6-8-13(18)9-7-12)11-15-16(19)4-3-5-17(15)20/h3-9,14,21H,2,10-11H2,1H3. The summed E-state index contributed by atoms with van der Waals surface area (Å²) in [5.74, 6) is -1.35. The molecule has 1 N–H and O–H groups in total. The van der Waals surface area contributed by atoms with Crippen LogP contribution < -0.4 is 5.32 Å². The quantitative estimate of drug-likeness (QED) is 0.852. The van der Waals surface area contributed by atoms with Crippen LogP contribution in [0.5, 0.6) is 0 Å². The Labute approximate surface area is 122 Å². The van der Waals surface area contributed by atoms with E-state index >= 15 is 0 Å². The zero-order valence-corrected chi connectivity index (χ0v) is 11.9. The van der Waals surface area contributed by atoms with Crippen LogP contribution in [-0.4, -0.2) is 12.6 Å². The molecule has 0 bridgehead atoms. The van der Waals surface area contributed by atoms with Crippen molar-refractivity contribution in [2.45, 2.75) is 25.8 Å². The number of hydrogen-bond acceptors (Lipinski definition) is 1. The average Bonchev–Trinajstić information content (AvgIpc) is 2.45. The van der Waals surface area contributed by atoms with Crippen LogP contribution in [0.25, 0.3) is 0 Å². The second kappa shape index (κ2) is 7.27. The van der Waals surface area contributed by atoms with E-state index in [2.05, 4.69) is 5.32 Å². The molecule has 0 fully saturated rings. The minimum atomic E-state index is -0.531. The first kappa shape index (κ1) is 15.6. The van der Waals surface area contributed by atoms with Gasteiger partial charge in [0.25, 0.3) is 0 Å². The topological polar surface area (TPSA) is 12.0 Å². The minimum absolute atomic E-state index is 0.0885. The Bertz CT molecular complexity index is 561. The highest BCUT2D eigenvalue weighted by molar-refractivity contribution is 5.22. The maximum Gasteiger partial charge on any atom is 0.129 e. The van der Waals surface area contributed by atoms with Crippen molar-refractivity contribution in [3.63, 3.8) is 0 Å². The molecular formula is C17H18F3N. The molecule has 1 unspecified atom stereocenters. The zero-order valence-electron chi connectivity index (χ0n) is 11.9. The van der Waals surface area contributed by atoms with Crippen molar-refractivity contribution >= 4 is 0 Å². The maximum atomic E-state index is 13.7. The molecular weight excluding hydrogens is 275 g/mol. The molecule has 0 heterocycles. The molecule has 0 aliphatic rings. The summed E-state index contributed by atoms with van der Waals surface area (Å²) in [6.45, 7) is 2.64. The van der Waals surface area contributed by atoms with Crippen LogP contribution in [0.15, 0.2) is 42.5 Å². The number of hydrogen-bond donors (Lipinski definition) is 1. The van der Waals surface area contributed by atoms with E-state index in [-0.39, 0.29) is 23.8 Å². The van der Waals surface area contributed by atoms with Gasteiger partial charge in [-0.2, -0.15) is 0 Å². The van der Waals surface area contributed by atoms with Crippen LogP contribution >= 0.6 is 0 Å². The van der Waals surface area contributed by atoms with Gasteiger partial charge in [-0.15, -0.1) is 0 Å². The number of nitrogens with one attached hydrogen (secondary N) is 1. The van der Waals surface area contributed by atoms with Crippen molar-refractivity contribution in [3.8, 4) is 0 Å². The molecule has 0 saturated carbocycles. The zero-order chi connectivity index (χ0) is 15.2. The molecule has 112 valence electrons. The van der Waals surface area contributed by atoms with Crippen molar-refractivity contribution in [2.75, 3.05) is 6.54 Å². The van der Waals surface area contributed by atoms with Gasteiger partial charge in [-0.3, -0.25) is 0 Å². The fourth-order valence-electron chi connectivity index (χ4n) is 2.38. The summed E-state index contributed by atoms with van der Waals surface area (Å²) in [5.41, 5.74) is 1.02. The number of likely N-dealkylation sites (N-methyl/N-ethyl adjacent to an activating group) is 1. The van der Waals surface area contributed by atoms with E-state index in [0.717, 1.165) is 5.56 Å². The molecule has 1 atom stereocenters. The lowest BCUT2D eigenvalue weighted by atomic mass is 9.98. The van der Waals surface area contributed by atoms with Gasteiger partial charge in [0.15, 0.2) is 0 Å². The van der Waals surface area contributed by atoms with Crippen molar-refractivity contribution in [1.82, 2.24) is 5.32 Å². The van der Waals surface area contributed by atoms with Crippen LogP contribution in [-0.2, 0) is 12.8 Å². The summed E-state index contributed by atoms with van der Waals surface area (Å²) >= 11 is 0. The molecule has 0 amide bonds. The SMILES string of the molecule is CCNC(Cc1ccc(F)cc1)Cc1c(F)cccc1F. The molecule has 21 heavy (non-hydrogen) atoms. The van der Waals surface area contributed by atoms with Crippen LogP contribution in [0.4, 0.5) is 13.2 Å². The van der Waals surface area contributed by atoms with Gasteiger partial charge in [0.1, 0.15) is 17.5 Å². The van der Waals surface area contributed by atoms with Gasteiger partial charge in [-0.25, -0.2) is 13.2 Å². The fourth-order valence-corrected chi connectivity index (χ4v) is 2.38. The van der Waals surface area contributed by atoms with Crippen molar-refractivity contribution in [2.24, 2.45) is 0 Å². The molecule has 2 rings (SSSR count). The first-order valence-electron chi connectivity index (χ1n) is 7.01. The summed E-state index contributed by atoms with van der Waals surface area (Å²) in [4.78, 5) is 0. The lowest BCUT2D eigenvalue weighted by Gasteiger charge is -2.19. The minimum Gasteiger partial charge on any atom is -0.314 e. The number of halogens is 3. The van der Waals surface area contributed by atoms with Gasteiger partial charge in [0.05, 0.1) is 0 Å². The van der Waals surface area contributed by atoms with Gasteiger partial charge in [0.2, 0.25) is 0 Å². The Morgan fingerprint density at radius 1 is 0.905 bits per heavy atom. The highest BCUT2D eigenvalue weighted by Gasteiger charge is 2.15. The van der Waals surface area contributed by atoms with Gasteiger partial charge < -0.3 is 5.32 Å². The Hall–Kier alpha value is -1.81. The molecule has 1 nitrogen and oxygen atoms in total. The number of benzene rings is 2. The van der Waals surface area contributed by atoms with Gasteiger partial charge in [0, 0.05) is 11.6 Å². The molecule has 2 aromatic rings. The third-order valence-electron chi connectivity index (χ3n) is 3.40. The van der Waals surface area contributed by atoms with E-state index in [9.17, 15) is 13.2 Å². The van der Waals surface area contributed by atoms with Gasteiger partial charge >= 0.3 is 0 Å². The number of rotatable bonds is 6. The second-order valence-corrected chi connectivity index (χ2v) is 4.99. The summed E-state index contributed by atoms with van der Waals surface area (Å²) < 4.78 is 40.4. The molecule has 2 aromatic carbocycles. The Morgan fingerprint density at radius 2 is 1.52 bits per heavy atom. The monoisotopic (exact) mass is 293 g/mol. The fraction of sp³-hybridized carbons (Fsp3) is 0.294. The molecule has 0 saturated heterocycles. The Balaban J connectivity index is 2.13. The normalized spacial score (nSPS) is 12.4. The Kier molecular flexibility index (Phi) is 5.39. The lowest BCUT2D eigenvalue weighted by molar-refractivity contribution is 0.484. The third-order valence-corrected chi connectivity index (χ3v) is 3.40. The largest absolute Gasteiger partial charge is 0.314 e. The van der Waals surface area contributed by atoms with E-state index in [4.69, 9.17) is 0 Å². The van der Waals surface area contributed by atoms with Crippen LogP contribution in [0.3, 0.4) is 0 Å². The van der Waals surface area contributed by atoms with E-state index in [1.54, 1.807) is 12.1 Å². The van der Waals surface area contributed by atoms with E-state index in [0.29, 0.717) is 13.0 Å². The van der Waals surface area contributed by atoms with E-state index < -0.39 is 11.6 Å². The highest BCUT2D eigenvalue weighted by Crippen LogP contribution is 2.16. The molecule has 0 aliphatic carbocycles. The summed E-state index contributed by atoms with van der Waals surface area (Å²) in [6.07, 6.45) is 0.839. The van der Waals surface area contributed by atoms with Crippen LogP contribution in [0.2, 0.25) is 0 Å². The van der Waals surface area contributed by atoms with Gasteiger partial charge in [-0.05, 0) is 49.2 Å². The third kappa shape index (κ3) is 4.33. The van der Waals surface area contributed by atoms with Crippen LogP contribution in [0, 0.1) is 17.5 Å². The Morgan fingerprint density at radius 3 is 2.10 bits per heavy atom. The molecule has 0 aromatic heterocycles. The molecule has 0 aliphatic heterocycles. The smallest absolute Gasteiger partial charge is 0.129 e. The molecule has 0 spiro atoms. The average molecular weight is 293 g/mol. The first-order chi connectivity index (χ1) is 10.1. The van der Waals surface area contributed by atoms with Crippen molar-refractivity contribution in [1.29, 1.82) is 0 Å². The van der Waals surface area contributed by atoms with Crippen molar-refractivity contribution < 1.29 is 13.2 Å². The van der Waals surface area contributed by atoms with Crippen LogP contribution in [0.1, 0.15) is 18.1 Å². The summed E-state index contributed by atoms with van der Waals surface area (Å²) in [7, 11) is 0. The summed E-state index contributed by atoms with van der Waals surface area (Å²) in [5, 5.41) is 3.22. The molecule has 0 radical (unpaired) electrons. The van der Waals surface area contributed by atoms with Gasteiger partial charge in [-0.1, -0.05) is 25.1 Å².